The molecule has 2 N–H and O–H groups in total. The van der Waals surface area contributed by atoms with Crippen LogP contribution in [0.25, 0.3) is 11.0 Å². The van der Waals surface area contributed by atoms with Gasteiger partial charge in [0.05, 0.1) is 23.9 Å². The van der Waals surface area contributed by atoms with Gasteiger partial charge in [-0.15, -0.1) is 6.42 Å². The van der Waals surface area contributed by atoms with Crippen LogP contribution in [-0.2, 0) is 6.54 Å². The molecule has 2 rings (SSSR count). The van der Waals surface area contributed by atoms with Crippen molar-refractivity contribution >= 4 is 17.0 Å². The number of imidazole rings is 1. The van der Waals surface area contributed by atoms with E-state index in [0.717, 1.165) is 37.5 Å². The monoisotopic (exact) mass is 283 g/mol. The molecule has 5 nitrogen and oxygen atoms in total. The van der Waals surface area contributed by atoms with E-state index in [1.807, 2.05) is 31.5 Å². The number of rotatable bonds is 6. The molecule has 0 amide bonds. The van der Waals surface area contributed by atoms with Crippen molar-refractivity contribution in [2.45, 2.75) is 19.9 Å². The Morgan fingerprint density at radius 1 is 1.38 bits per heavy atom. The van der Waals surface area contributed by atoms with Crippen molar-refractivity contribution in [3.8, 4) is 12.3 Å². The summed E-state index contributed by atoms with van der Waals surface area (Å²) in [6.45, 7) is 4.98. The summed E-state index contributed by atoms with van der Waals surface area (Å²) in [6, 6.07) is 8.15. The van der Waals surface area contributed by atoms with Gasteiger partial charge >= 0.3 is 0 Å². The molecule has 110 valence electrons. The van der Waals surface area contributed by atoms with Crippen molar-refractivity contribution in [2.24, 2.45) is 4.99 Å². The number of terminal acetylenes is 1. The van der Waals surface area contributed by atoms with Crippen LogP contribution in [0.15, 0.2) is 35.6 Å². The fraction of sp³-hybridized carbons (Fsp3) is 0.375. The molecule has 0 radical (unpaired) electrons. The van der Waals surface area contributed by atoms with Gasteiger partial charge in [-0.1, -0.05) is 18.1 Å². The second kappa shape index (κ2) is 7.95. The second-order valence-electron chi connectivity index (χ2n) is 4.60. The first-order valence-corrected chi connectivity index (χ1v) is 7.20. The predicted molar refractivity (Wildman–Crippen MR) is 87.2 cm³/mol. The molecular formula is C16H21N5. The summed E-state index contributed by atoms with van der Waals surface area (Å²) in [5.41, 5.74) is 2.20. The van der Waals surface area contributed by atoms with Gasteiger partial charge in [0.25, 0.3) is 0 Å². The standard InChI is InChI=1S/C16H21N5/c1-3-10-18-16(17-4-2)19-11-7-12-21-13-20-14-8-5-6-9-15(14)21/h1,5-6,8-9,13H,4,7,10-12H2,2H3,(H2,17,18,19). The van der Waals surface area contributed by atoms with Gasteiger partial charge in [-0.25, -0.2) is 4.98 Å². The number of guanidine groups is 1. The zero-order valence-corrected chi connectivity index (χ0v) is 12.3. The summed E-state index contributed by atoms with van der Waals surface area (Å²) < 4.78 is 2.16. The first kappa shape index (κ1) is 14.9. The third-order valence-electron chi connectivity index (χ3n) is 3.06. The van der Waals surface area contributed by atoms with Crippen LogP contribution in [-0.4, -0.2) is 35.1 Å². The fourth-order valence-electron chi connectivity index (χ4n) is 2.10. The molecule has 0 spiro atoms. The SMILES string of the molecule is C#CCNC(=NCCCn1cnc2ccccc21)NCC. The fourth-order valence-corrected chi connectivity index (χ4v) is 2.10. The molecule has 0 atom stereocenters. The molecule has 5 heteroatoms. The highest BCUT2D eigenvalue weighted by Crippen LogP contribution is 2.11. The minimum atomic E-state index is 0.484. The Hall–Kier alpha value is -2.48. The molecule has 0 fully saturated rings. The number of nitrogens with zero attached hydrogens (tertiary/aromatic N) is 3. The Kier molecular flexibility index (Phi) is 5.65. The van der Waals surface area contributed by atoms with Crippen LogP contribution in [0.3, 0.4) is 0 Å². The van der Waals surface area contributed by atoms with Crippen molar-refractivity contribution in [3.63, 3.8) is 0 Å². The third kappa shape index (κ3) is 4.25. The Balaban J connectivity index is 1.87. The number of nitrogens with one attached hydrogen (secondary N) is 2. The predicted octanol–water partition coefficient (Wildman–Crippen LogP) is 1.61. The van der Waals surface area contributed by atoms with Crippen LogP contribution >= 0.6 is 0 Å². The van der Waals surface area contributed by atoms with Crippen LogP contribution < -0.4 is 10.6 Å². The highest BCUT2D eigenvalue weighted by Gasteiger charge is 2.00. The number of benzene rings is 1. The number of aliphatic imine (C=N–C) groups is 1. The summed E-state index contributed by atoms with van der Waals surface area (Å²) in [7, 11) is 0. The van der Waals surface area contributed by atoms with Crippen molar-refractivity contribution in [3.05, 3.63) is 30.6 Å². The maximum absolute atomic E-state index is 5.24. The quantitative estimate of drug-likeness (QED) is 0.366. The number of hydrogen-bond donors (Lipinski definition) is 2. The van der Waals surface area contributed by atoms with Gasteiger partial charge in [0.15, 0.2) is 5.96 Å². The van der Waals surface area contributed by atoms with E-state index in [1.54, 1.807) is 0 Å². The highest BCUT2D eigenvalue weighted by atomic mass is 15.2. The van der Waals surface area contributed by atoms with Crippen LogP contribution in [0.2, 0.25) is 0 Å². The molecule has 0 saturated carbocycles. The van der Waals surface area contributed by atoms with Crippen molar-refractivity contribution < 1.29 is 0 Å². The average Bonchev–Trinajstić information content (AvgIpc) is 2.92. The number of fused-ring (bicyclic) bond motifs is 1. The highest BCUT2D eigenvalue weighted by molar-refractivity contribution is 5.80. The third-order valence-corrected chi connectivity index (χ3v) is 3.06. The smallest absolute Gasteiger partial charge is 0.192 e. The van der Waals surface area contributed by atoms with Gasteiger partial charge in [0, 0.05) is 19.6 Å². The molecule has 0 saturated heterocycles. The second-order valence-corrected chi connectivity index (χ2v) is 4.60. The number of aryl methyl sites for hydroxylation is 1. The molecule has 0 unspecified atom stereocenters. The number of aromatic nitrogens is 2. The molecule has 0 aliphatic heterocycles. The van der Waals surface area contributed by atoms with E-state index in [2.05, 4.69) is 37.2 Å². The number of hydrogen-bond acceptors (Lipinski definition) is 2. The molecule has 2 aromatic rings. The maximum atomic E-state index is 5.24. The Bertz CT molecular complexity index is 635. The van der Waals surface area contributed by atoms with Gasteiger partial charge in [0.2, 0.25) is 0 Å². The van der Waals surface area contributed by atoms with Crippen LogP contribution in [0.1, 0.15) is 13.3 Å². The topological polar surface area (TPSA) is 54.2 Å². The molecular weight excluding hydrogens is 262 g/mol. The molecule has 1 aromatic heterocycles. The van der Waals surface area contributed by atoms with Gasteiger partial charge in [-0.3, -0.25) is 4.99 Å². The van der Waals surface area contributed by atoms with Crippen molar-refractivity contribution in [1.82, 2.24) is 20.2 Å². The lowest BCUT2D eigenvalue weighted by molar-refractivity contribution is 0.663. The first-order valence-electron chi connectivity index (χ1n) is 7.20. The zero-order valence-electron chi connectivity index (χ0n) is 12.3. The lowest BCUT2D eigenvalue weighted by atomic mass is 10.3. The maximum Gasteiger partial charge on any atom is 0.192 e. The molecule has 1 aromatic carbocycles. The molecule has 0 aliphatic rings. The minimum Gasteiger partial charge on any atom is -0.357 e. The summed E-state index contributed by atoms with van der Waals surface area (Å²) >= 11 is 0. The van der Waals surface area contributed by atoms with E-state index < -0.39 is 0 Å². The van der Waals surface area contributed by atoms with Gasteiger partial charge < -0.3 is 15.2 Å². The van der Waals surface area contributed by atoms with E-state index in [0.29, 0.717) is 6.54 Å². The van der Waals surface area contributed by atoms with Gasteiger partial charge in [0.1, 0.15) is 0 Å². The van der Waals surface area contributed by atoms with Crippen LogP contribution in [0.5, 0.6) is 0 Å². The summed E-state index contributed by atoms with van der Waals surface area (Å²) in [5.74, 6) is 3.31. The zero-order chi connectivity index (χ0) is 14.9. The minimum absolute atomic E-state index is 0.484. The van der Waals surface area contributed by atoms with Gasteiger partial charge in [-0.05, 0) is 25.5 Å². The van der Waals surface area contributed by atoms with E-state index in [-0.39, 0.29) is 0 Å². The lowest BCUT2D eigenvalue weighted by Crippen LogP contribution is -2.37. The summed E-state index contributed by atoms with van der Waals surface area (Å²) in [6.07, 6.45) is 8.08. The van der Waals surface area contributed by atoms with Crippen molar-refractivity contribution in [2.75, 3.05) is 19.6 Å². The Morgan fingerprint density at radius 3 is 3.05 bits per heavy atom. The van der Waals surface area contributed by atoms with Gasteiger partial charge in [-0.2, -0.15) is 0 Å². The Morgan fingerprint density at radius 2 is 2.24 bits per heavy atom. The van der Waals surface area contributed by atoms with E-state index in [9.17, 15) is 0 Å². The molecule has 0 bridgehead atoms. The molecule has 1 heterocycles. The first-order chi connectivity index (χ1) is 10.3. The van der Waals surface area contributed by atoms with E-state index in [4.69, 9.17) is 6.42 Å². The van der Waals surface area contributed by atoms with Crippen LogP contribution in [0.4, 0.5) is 0 Å². The normalized spacial score (nSPS) is 11.3. The molecule has 0 aliphatic carbocycles. The van der Waals surface area contributed by atoms with Crippen LogP contribution in [0, 0.1) is 12.3 Å². The average molecular weight is 283 g/mol. The number of para-hydroxylation sites is 2. The Labute approximate surface area is 125 Å². The summed E-state index contributed by atoms with van der Waals surface area (Å²) in [5, 5.41) is 6.24. The lowest BCUT2D eigenvalue weighted by Gasteiger charge is -2.09. The molecule has 21 heavy (non-hydrogen) atoms. The van der Waals surface area contributed by atoms with E-state index >= 15 is 0 Å². The van der Waals surface area contributed by atoms with E-state index in [1.165, 1.54) is 5.52 Å². The largest absolute Gasteiger partial charge is 0.357 e. The van der Waals surface area contributed by atoms with Crippen molar-refractivity contribution in [1.29, 1.82) is 0 Å². The summed E-state index contributed by atoms with van der Waals surface area (Å²) in [4.78, 5) is 8.88.